The predicted octanol–water partition coefficient (Wildman–Crippen LogP) is 3.03. The average Bonchev–Trinajstić information content (AvgIpc) is 3.38. The maximum Gasteiger partial charge on any atom is 0.227 e. The van der Waals surface area contributed by atoms with Gasteiger partial charge in [0.25, 0.3) is 0 Å². The molecule has 3 aromatic rings. The zero-order chi connectivity index (χ0) is 21.1. The number of carbonyl (C=O) groups excluding carboxylic acids is 2. The molecule has 2 aromatic carbocycles. The average molecular weight is 406 g/mol. The second-order valence-corrected chi connectivity index (χ2v) is 7.51. The third-order valence-electron chi connectivity index (χ3n) is 5.33. The van der Waals surface area contributed by atoms with Crippen LogP contribution in [0.15, 0.2) is 60.9 Å². The third-order valence-corrected chi connectivity index (χ3v) is 5.33. The summed E-state index contributed by atoms with van der Waals surface area (Å²) in [4.78, 5) is 26.3. The number of nitrogens with zero attached hydrogens (tertiary/aromatic N) is 3. The van der Waals surface area contributed by atoms with Gasteiger partial charge in [-0.2, -0.15) is 5.10 Å². The van der Waals surface area contributed by atoms with Gasteiger partial charge in [-0.3, -0.25) is 9.59 Å². The maximum absolute atomic E-state index is 13.8. The summed E-state index contributed by atoms with van der Waals surface area (Å²) in [5.74, 6) is -1.12. The van der Waals surface area contributed by atoms with Gasteiger partial charge in [0, 0.05) is 31.4 Å². The first-order chi connectivity index (χ1) is 14.5. The Morgan fingerprint density at radius 2 is 2.00 bits per heavy atom. The molecule has 1 aromatic heterocycles. The third kappa shape index (κ3) is 4.25. The molecule has 1 fully saturated rings. The van der Waals surface area contributed by atoms with Gasteiger partial charge in [-0.1, -0.05) is 24.3 Å². The summed E-state index contributed by atoms with van der Waals surface area (Å²) in [7, 11) is 0. The number of benzene rings is 2. The van der Waals surface area contributed by atoms with E-state index in [1.807, 2.05) is 36.5 Å². The molecule has 1 atom stereocenters. The predicted molar refractivity (Wildman–Crippen MR) is 112 cm³/mol. The van der Waals surface area contributed by atoms with Crippen LogP contribution in [0, 0.1) is 18.7 Å². The van der Waals surface area contributed by atoms with Crippen molar-refractivity contribution in [1.29, 1.82) is 0 Å². The van der Waals surface area contributed by atoms with Gasteiger partial charge in [-0.25, -0.2) is 9.07 Å². The Kier molecular flexibility index (Phi) is 5.61. The molecular formula is C23H23FN4O2. The molecule has 0 spiro atoms. The Hall–Kier alpha value is -3.48. The Balaban J connectivity index is 1.30. The molecule has 7 heteroatoms. The number of anilines is 1. The summed E-state index contributed by atoms with van der Waals surface area (Å²) in [5.41, 5.74) is 3.00. The molecule has 1 unspecified atom stereocenters. The zero-order valence-electron chi connectivity index (χ0n) is 16.7. The molecule has 30 heavy (non-hydrogen) atoms. The van der Waals surface area contributed by atoms with Crippen LogP contribution in [-0.2, 0) is 16.0 Å². The lowest BCUT2D eigenvalue weighted by Crippen LogP contribution is -2.34. The van der Waals surface area contributed by atoms with Crippen LogP contribution in [0.4, 0.5) is 10.1 Å². The first-order valence-electron chi connectivity index (χ1n) is 9.94. The molecule has 2 amide bonds. The van der Waals surface area contributed by atoms with Crippen molar-refractivity contribution in [3.05, 3.63) is 77.9 Å². The number of hydrogen-bond acceptors (Lipinski definition) is 3. The lowest BCUT2D eigenvalue weighted by Gasteiger charge is -2.17. The van der Waals surface area contributed by atoms with Gasteiger partial charge in [-0.05, 0) is 48.7 Å². The molecule has 2 heterocycles. The van der Waals surface area contributed by atoms with Crippen LogP contribution < -0.4 is 10.2 Å². The maximum atomic E-state index is 13.8. The molecule has 0 bridgehead atoms. The lowest BCUT2D eigenvalue weighted by atomic mass is 10.1. The van der Waals surface area contributed by atoms with Crippen LogP contribution in [0.3, 0.4) is 0 Å². The normalized spacial score (nSPS) is 16.1. The van der Waals surface area contributed by atoms with Crippen molar-refractivity contribution in [1.82, 2.24) is 15.1 Å². The van der Waals surface area contributed by atoms with Crippen molar-refractivity contribution < 1.29 is 14.0 Å². The van der Waals surface area contributed by atoms with E-state index >= 15 is 0 Å². The van der Waals surface area contributed by atoms with Gasteiger partial charge >= 0.3 is 0 Å². The van der Waals surface area contributed by atoms with Crippen LogP contribution in [0.2, 0.25) is 0 Å². The summed E-state index contributed by atoms with van der Waals surface area (Å²) in [6.07, 6.45) is 4.50. The van der Waals surface area contributed by atoms with E-state index in [-0.39, 0.29) is 30.6 Å². The molecule has 6 nitrogen and oxygen atoms in total. The van der Waals surface area contributed by atoms with E-state index in [0.29, 0.717) is 24.2 Å². The summed E-state index contributed by atoms with van der Waals surface area (Å²) < 4.78 is 15.6. The molecule has 4 rings (SSSR count). The second-order valence-electron chi connectivity index (χ2n) is 7.51. The van der Waals surface area contributed by atoms with Crippen molar-refractivity contribution in [2.45, 2.75) is 19.8 Å². The van der Waals surface area contributed by atoms with E-state index in [9.17, 15) is 14.0 Å². The Morgan fingerprint density at radius 1 is 1.20 bits per heavy atom. The molecule has 0 saturated carbocycles. The molecule has 1 saturated heterocycles. The van der Waals surface area contributed by atoms with E-state index in [1.54, 1.807) is 29.9 Å². The molecule has 1 N–H and O–H groups in total. The highest BCUT2D eigenvalue weighted by molar-refractivity contribution is 6.00. The zero-order valence-corrected chi connectivity index (χ0v) is 16.7. The van der Waals surface area contributed by atoms with Crippen molar-refractivity contribution in [2.75, 3.05) is 18.0 Å². The first kappa shape index (κ1) is 19.8. The van der Waals surface area contributed by atoms with E-state index < -0.39 is 5.92 Å². The second kappa shape index (κ2) is 8.49. The smallest absolute Gasteiger partial charge is 0.227 e. The number of aromatic nitrogens is 2. The SMILES string of the molecule is Cc1ccc(N2CC(C(=O)NCCc3cnn(-c4ccccc4)c3)CC2=O)cc1F. The topological polar surface area (TPSA) is 67.2 Å². The Morgan fingerprint density at radius 3 is 2.77 bits per heavy atom. The standard InChI is InChI=1S/C23H23FN4O2/c1-16-7-8-20(12-21(16)24)27-15-18(11-22(27)29)23(30)25-10-9-17-13-26-28(14-17)19-5-3-2-4-6-19/h2-8,12-14,18H,9-11,15H2,1H3,(H,25,30). The number of nitrogens with one attached hydrogen (secondary N) is 1. The van der Waals surface area contributed by atoms with Gasteiger partial charge in [-0.15, -0.1) is 0 Å². The van der Waals surface area contributed by atoms with Gasteiger partial charge in [0.2, 0.25) is 11.8 Å². The fraction of sp³-hybridized carbons (Fsp3) is 0.261. The fourth-order valence-corrected chi connectivity index (χ4v) is 3.57. The van der Waals surface area contributed by atoms with Crippen LogP contribution in [-0.4, -0.2) is 34.7 Å². The summed E-state index contributed by atoms with van der Waals surface area (Å²) >= 11 is 0. The van der Waals surface area contributed by atoms with E-state index in [0.717, 1.165) is 11.3 Å². The number of aryl methyl sites for hydroxylation is 1. The lowest BCUT2D eigenvalue weighted by molar-refractivity contribution is -0.126. The fourth-order valence-electron chi connectivity index (χ4n) is 3.57. The Labute approximate surface area is 174 Å². The van der Waals surface area contributed by atoms with Gasteiger partial charge in [0.1, 0.15) is 5.82 Å². The molecule has 1 aliphatic rings. The van der Waals surface area contributed by atoms with E-state index in [4.69, 9.17) is 0 Å². The highest BCUT2D eigenvalue weighted by Gasteiger charge is 2.35. The Bertz CT molecular complexity index is 1060. The highest BCUT2D eigenvalue weighted by Crippen LogP contribution is 2.26. The number of para-hydroxylation sites is 1. The first-order valence-corrected chi connectivity index (χ1v) is 9.94. The van der Waals surface area contributed by atoms with Gasteiger partial charge in [0.05, 0.1) is 17.8 Å². The number of amides is 2. The molecule has 0 radical (unpaired) electrons. The molecular weight excluding hydrogens is 383 g/mol. The quantitative estimate of drug-likeness (QED) is 0.684. The van der Waals surface area contributed by atoms with Gasteiger partial charge < -0.3 is 10.2 Å². The van der Waals surface area contributed by atoms with E-state index in [2.05, 4.69) is 10.4 Å². The number of hydrogen-bond donors (Lipinski definition) is 1. The molecule has 154 valence electrons. The largest absolute Gasteiger partial charge is 0.355 e. The summed E-state index contributed by atoms with van der Waals surface area (Å²) in [5, 5.41) is 7.26. The monoisotopic (exact) mass is 406 g/mol. The van der Waals surface area contributed by atoms with E-state index in [1.165, 1.54) is 11.0 Å². The highest BCUT2D eigenvalue weighted by atomic mass is 19.1. The van der Waals surface area contributed by atoms with Crippen molar-refractivity contribution in [3.63, 3.8) is 0 Å². The number of halogens is 1. The minimum absolute atomic E-state index is 0.132. The van der Waals surface area contributed by atoms with Crippen molar-refractivity contribution in [3.8, 4) is 5.69 Å². The van der Waals surface area contributed by atoms with Crippen LogP contribution >= 0.6 is 0 Å². The van der Waals surface area contributed by atoms with Crippen molar-refractivity contribution in [2.24, 2.45) is 5.92 Å². The van der Waals surface area contributed by atoms with Crippen molar-refractivity contribution >= 4 is 17.5 Å². The minimum atomic E-state index is -0.436. The van der Waals surface area contributed by atoms with Crippen LogP contribution in [0.5, 0.6) is 0 Å². The summed E-state index contributed by atoms with van der Waals surface area (Å²) in [6.45, 7) is 2.40. The summed E-state index contributed by atoms with van der Waals surface area (Å²) in [6, 6.07) is 14.5. The molecule has 0 aliphatic carbocycles. The number of carbonyl (C=O) groups is 2. The van der Waals surface area contributed by atoms with Crippen LogP contribution in [0.1, 0.15) is 17.5 Å². The minimum Gasteiger partial charge on any atom is -0.355 e. The van der Waals surface area contributed by atoms with Crippen LogP contribution in [0.25, 0.3) is 5.69 Å². The van der Waals surface area contributed by atoms with Gasteiger partial charge in [0.15, 0.2) is 0 Å². The number of rotatable bonds is 6. The molecule has 1 aliphatic heterocycles.